The molecule has 116 valence electrons. The summed E-state index contributed by atoms with van der Waals surface area (Å²) in [7, 11) is 1.65. The SMILES string of the molecule is COC1CCCCC1OC(=O)CCNC(=O)c1cccs1. The van der Waals surface area contributed by atoms with Gasteiger partial charge in [0, 0.05) is 13.7 Å². The normalized spacial score (nSPS) is 21.8. The molecule has 0 aliphatic heterocycles. The summed E-state index contributed by atoms with van der Waals surface area (Å²) in [6, 6.07) is 3.57. The molecule has 6 heteroatoms. The van der Waals surface area contributed by atoms with E-state index in [-0.39, 0.29) is 30.5 Å². The van der Waals surface area contributed by atoms with Crippen molar-refractivity contribution in [3.05, 3.63) is 22.4 Å². The first-order valence-corrected chi connectivity index (χ1v) is 8.12. The molecule has 0 radical (unpaired) electrons. The second-order valence-electron chi connectivity index (χ2n) is 5.07. The number of methoxy groups -OCH3 is 1. The summed E-state index contributed by atoms with van der Waals surface area (Å²) in [5.74, 6) is -0.430. The molecule has 1 aliphatic carbocycles. The van der Waals surface area contributed by atoms with Crippen LogP contribution in [0.3, 0.4) is 0 Å². The maximum atomic E-state index is 11.8. The van der Waals surface area contributed by atoms with Gasteiger partial charge in [0.25, 0.3) is 5.91 Å². The zero-order chi connectivity index (χ0) is 15.1. The number of nitrogens with one attached hydrogen (secondary N) is 1. The molecule has 0 saturated heterocycles. The summed E-state index contributed by atoms with van der Waals surface area (Å²) >= 11 is 1.38. The van der Waals surface area contributed by atoms with Crippen molar-refractivity contribution in [2.45, 2.75) is 44.3 Å². The van der Waals surface area contributed by atoms with Crippen LogP contribution in [0.2, 0.25) is 0 Å². The van der Waals surface area contributed by atoms with Crippen molar-refractivity contribution in [2.24, 2.45) is 0 Å². The van der Waals surface area contributed by atoms with E-state index in [9.17, 15) is 9.59 Å². The molecule has 2 atom stereocenters. The van der Waals surface area contributed by atoms with Crippen LogP contribution in [0.15, 0.2) is 17.5 Å². The second-order valence-corrected chi connectivity index (χ2v) is 6.02. The molecule has 1 aliphatic rings. The van der Waals surface area contributed by atoms with Crippen molar-refractivity contribution >= 4 is 23.2 Å². The standard InChI is InChI=1S/C15H21NO4S/c1-19-11-5-2-3-6-12(11)20-14(17)8-9-16-15(18)13-7-4-10-21-13/h4,7,10-12H,2-3,5-6,8-9H2,1H3,(H,16,18). The van der Waals surface area contributed by atoms with Gasteiger partial charge in [-0.2, -0.15) is 0 Å². The van der Waals surface area contributed by atoms with Gasteiger partial charge in [-0.05, 0) is 30.7 Å². The average Bonchev–Trinajstić information content (AvgIpc) is 3.02. The molecule has 1 saturated carbocycles. The Balaban J connectivity index is 1.68. The van der Waals surface area contributed by atoms with Gasteiger partial charge >= 0.3 is 5.97 Å². The number of esters is 1. The summed E-state index contributed by atoms with van der Waals surface area (Å²) in [6.07, 6.45) is 4.00. The van der Waals surface area contributed by atoms with Gasteiger partial charge in [-0.15, -0.1) is 11.3 Å². The molecule has 1 aromatic heterocycles. The van der Waals surface area contributed by atoms with Crippen LogP contribution < -0.4 is 5.32 Å². The van der Waals surface area contributed by atoms with Crippen molar-refractivity contribution in [1.29, 1.82) is 0 Å². The van der Waals surface area contributed by atoms with Gasteiger partial charge in [-0.3, -0.25) is 9.59 Å². The minimum atomic E-state index is -0.282. The number of hydrogen-bond acceptors (Lipinski definition) is 5. The Bertz CT molecular complexity index is 460. The predicted octanol–water partition coefficient (Wildman–Crippen LogP) is 2.37. The maximum absolute atomic E-state index is 11.8. The van der Waals surface area contributed by atoms with Gasteiger partial charge in [-0.1, -0.05) is 12.5 Å². The van der Waals surface area contributed by atoms with Crippen LogP contribution in [0.4, 0.5) is 0 Å². The van der Waals surface area contributed by atoms with Crippen LogP contribution in [-0.2, 0) is 14.3 Å². The van der Waals surface area contributed by atoms with Gasteiger partial charge in [0.05, 0.1) is 17.4 Å². The van der Waals surface area contributed by atoms with E-state index in [0.29, 0.717) is 11.4 Å². The number of thiophene rings is 1. The highest BCUT2D eigenvalue weighted by Crippen LogP contribution is 2.23. The highest BCUT2D eigenvalue weighted by atomic mass is 32.1. The Kier molecular flexibility index (Phi) is 6.20. The van der Waals surface area contributed by atoms with E-state index < -0.39 is 0 Å². The van der Waals surface area contributed by atoms with Gasteiger partial charge in [0.1, 0.15) is 6.10 Å². The number of amides is 1. The van der Waals surface area contributed by atoms with Crippen molar-refractivity contribution in [1.82, 2.24) is 5.32 Å². The fourth-order valence-corrected chi connectivity index (χ4v) is 3.11. The topological polar surface area (TPSA) is 64.6 Å². The highest BCUT2D eigenvalue weighted by Gasteiger charge is 2.28. The quantitative estimate of drug-likeness (QED) is 0.819. The van der Waals surface area contributed by atoms with E-state index in [2.05, 4.69) is 5.32 Å². The van der Waals surface area contributed by atoms with Gasteiger partial charge < -0.3 is 14.8 Å². The van der Waals surface area contributed by atoms with Crippen molar-refractivity contribution in [2.75, 3.05) is 13.7 Å². The Labute approximate surface area is 128 Å². The van der Waals surface area contributed by atoms with E-state index in [4.69, 9.17) is 9.47 Å². The van der Waals surface area contributed by atoms with E-state index in [1.807, 2.05) is 11.4 Å². The monoisotopic (exact) mass is 311 g/mol. The first-order valence-electron chi connectivity index (χ1n) is 7.24. The molecule has 0 bridgehead atoms. The Hall–Kier alpha value is -1.40. The minimum absolute atomic E-state index is 0.00316. The number of carbonyl (C=O) groups is 2. The zero-order valence-electron chi connectivity index (χ0n) is 12.2. The van der Waals surface area contributed by atoms with Gasteiger partial charge in [0.15, 0.2) is 0 Å². The second kappa shape index (κ2) is 8.14. The lowest BCUT2D eigenvalue weighted by Crippen LogP contribution is -2.36. The molecule has 2 unspecified atom stereocenters. The number of carbonyl (C=O) groups excluding carboxylic acids is 2. The summed E-state index contributed by atoms with van der Waals surface area (Å²) in [5.41, 5.74) is 0. The zero-order valence-corrected chi connectivity index (χ0v) is 13.0. The van der Waals surface area contributed by atoms with Crippen LogP contribution in [-0.4, -0.2) is 37.7 Å². The third-order valence-electron chi connectivity index (χ3n) is 3.59. The van der Waals surface area contributed by atoms with Crippen LogP contribution >= 0.6 is 11.3 Å². The lowest BCUT2D eigenvalue weighted by Gasteiger charge is -2.29. The number of hydrogen-bond donors (Lipinski definition) is 1. The first kappa shape index (κ1) is 16.0. The smallest absolute Gasteiger partial charge is 0.307 e. The van der Waals surface area contributed by atoms with E-state index in [1.165, 1.54) is 11.3 Å². The predicted molar refractivity (Wildman–Crippen MR) is 80.4 cm³/mol. The van der Waals surface area contributed by atoms with E-state index in [1.54, 1.807) is 13.2 Å². The lowest BCUT2D eigenvalue weighted by molar-refractivity contribution is -0.159. The van der Waals surface area contributed by atoms with Gasteiger partial charge in [-0.25, -0.2) is 0 Å². The summed E-state index contributed by atoms with van der Waals surface area (Å²) < 4.78 is 10.8. The van der Waals surface area contributed by atoms with Crippen molar-refractivity contribution in [3.8, 4) is 0 Å². The molecule has 21 heavy (non-hydrogen) atoms. The van der Waals surface area contributed by atoms with Crippen LogP contribution in [0.25, 0.3) is 0 Å². The number of rotatable bonds is 6. The third-order valence-corrected chi connectivity index (χ3v) is 4.46. The molecule has 2 rings (SSSR count). The van der Waals surface area contributed by atoms with Crippen molar-refractivity contribution < 1.29 is 19.1 Å². The van der Waals surface area contributed by atoms with Crippen LogP contribution in [0.1, 0.15) is 41.8 Å². The highest BCUT2D eigenvalue weighted by molar-refractivity contribution is 7.12. The Morgan fingerprint density at radius 1 is 1.33 bits per heavy atom. The summed E-state index contributed by atoms with van der Waals surface area (Å²) in [4.78, 5) is 24.2. The molecule has 0 spiro atoms. The molecule has 0 aromatic carbocycles. The fourth-order valence-electron chi connectivity index (χ4n) is 2.47. The third kappa shape index (κ3) is 4.82. The molecule has 1 N–H and O–H groups in total. The molecule has 1 fully saturated rings. The summed E-state index contributed by atoms with van der Waals surface area (Å²) in [5, 5.41) is 4.56. The van der Waals surface area contributed by atoms with E-state index >= 15 is 0 Å². The molecule has 5 nitrogen and oxygen atoms in total. The summed E-state index contributed by atoms with van der Waals surface area (Å²) in [6.45, 7) is 0.292. The minimum Gasteiger partial charge on any atom is -0.460 e. The number of ether oxygens (including phenoxy) is 2. The molecule has 1 aromatic rings. The largest absolute Gasteiger partial charge is 0.460 e. The molecule has 1 amide bonds. The van der Waals surface area contributed by atoms with Crippen molar-refractivity contribution in [3.63, 3.8) is 0 Å². The lowest BCUT2D eigenvalue weighted by atomic mass is 9.94. The Morgan fingerprint density at radius 3 is 2.76 bits per heavy atom. The fraction of sp³-hybridized carbons (Fsp3) is 0.600. The Morgan fingerprint density at radius 2 is 2.10 bits per heavy atom. The first-order chi connectivity index (χ1) is 10.2. The molecular formula is C15H21NO4S. The van der Waals surface area contributed by atoms with Crippen LogP contribution in [0.5, 0.6) is 0 Å². The maximum Gasteiger partial charge on any atom is 0.307 e. The molecular weight excluding hydrogens is 290 g/mol. The molecule has 1 heterocycles. The van der Waals surface area contributed by atoms with Gasteiger partial charge in [0.2, 0.25) is 0 Å². The average molecular weight is 311 g/mol. The van der Waals surface area contributed by atoms with Crippen LogP contribution in [0, 0.1) is 0 Å². The van der Waals surface area contributed by atoms with E-state index in [0.717, 1.165) is 25.7 Å².